The summed E-state index contributed by atoms with van der Waals surface area (Å²) in [5.74, 6) is 0. The summed E-state index contributed by atoms with van der Waals surface area (Å²) in [7, 11) is 0. The van der Waals surface area contributed by atoms with Crippen molar-refractivity contribution in [1.82, 2.24) is 4.57 Å². The van der Waals surface area contributed by atoms with E-state index in [1.807, 2.05) is 51.2 Å². The van der Waals surface area contributed by atoms with Gasteiger partial charge in [-0.25, -0.2) is 0 Å². The van der Waals surface area contributed by atoms with Crippen molar-refractivity contribution in [3.63, 3.8) is 0 Å². The average Bonchev–Trinajstić information content (AvgIpc) is 3.98. The standard InChI is InChI=1S/C54H35NS.C4H8.C4H6.C2H6.CH4S/c1-4-13-36(14-5-1)38-17-10-18-39(31-38)40-19-11-20-41(32-40)43-27-30-53-50(34-43)47-24-12-23-46(54(47)56-53)44-26-29-52-49(35-44)48-33-42(37-15-6-2-7-16-37)25-28-51(48)55(52)45-21-8-3-9-22-45;2*1-3-4-2;2*1-2/h1-35H;3-4H,1-2H3;3-4H,1-2H2;1-2H3;2H,1H3/b;4-3-;;;. The SMILES string of the molecule is C/C=C\C.C=CC=C.CC.CS.c1ccc(-c2cccc(-c3cccc(-c4ccc5sc6c(-c7ccc8c(c7)c7cc(-c9ccccc9)ccc7n8-c7ccccc7)cccc6c5c4)c3)c2)cc1. The molecule has 2 aromatic heterocycles. The van der Waals surface area contributed by atoms with Gasteiger partial charge in [0.05, 0.1) is 11.0 Å². The van der Waals surface area contributed by atoms with E-state index in [9.17, 15) is 0 Å². The van der Waals surface area contributed by atoms with Crippen LogP contribution in [0.2, 0.25) is 0 Å². The molecule has 0 saturated heterocycles. The minimum atomic E-state index is 1.17. The first-order chi connectivity index (χ1) is 33.6. The third kappa shape index (κ3) is 10.6. The molecule has 68 heavy (non-hydrogen) atoms. The molecule has 0 N–H and O–H groups in total. The number of rotatable bonds is 7. The quantitative estimate of drug-likeness (QED) is 0.0923. The zero-order valence-electron chi connectivity index (χ0n) is 39.7. The summed E-state index contributed by atoms with van der Waals surface area (Å²) in [6.45, 7) is 14.7. The lowest BCUT2D eigenvalue weighted by atomic mass is 9.95. The lowest BCUT2D eigenvalue weighted by molar-refractivity contribution is 1.18. The molecule has 336 valence electrons. The molecule has 3 heteroatoms. The van der Waals surface area contributed by atoms with Crippen LogP contribution < -0.4 is 0 Å². The maximum Gasteiger partial charge on any atom is 0.0541 e. The number of thiol groups is 1. The number of benzene rings is 9. The van der Waals surface area contributed by atoms with Crippen molar-refractivity contribution in [2.24, 2.45) is 0 Å². The van der Waals surface area contributed by atoms with E-state index in [2.05, 4.69) is 243 Å². The van der Waals surface area contributed by atoms with Crippen molar-refractivity contribution in [3.8, 4) is 61.3 Å². The molecule has 2 heterocycles. The molecule has 0 unspecified atom stereocenters. The van der Waals surface area contributed by atoms with E-state index in [1.54, 1.807) is 18.4 Å². The first-order valence-corrected chi connectivity index (χ1v) is 25.0. The number of hydrogen-bond donors (Lipinski definition) is 1. The fourth-order valence-corrected chi connectivity index (χ4v) is 9.67. The second-order valence-electron chi connectivity index (χ2n) is 15.7. The van der Waals surface area contributed by atoms with Crippen molar-refractivity contribution >= 4 is 65.9 Å². The zero-order valence-corrected chi connectivity index (χ0v) is 41.4. The molecular weight excluding hydrogens is 859 g/mol. The van der Waals surface area contributed by atoms with Crippen LogP contribution in [-0.2, 0) is 0 Å². The van der Waals surface area contributed by atoms with Crippen LogP contribution >= 0.6 is 24.0 Å². The van der Waals surface area contributed by atoms with Gasteiger partial charge in [-0.15, -0.1) is 11.3 Å². The lowest BCUT2D eigenvalue weighted by Gasteiger charge is -2.09. The number of aromatic nitrogens is 1. The second-order valence-corrected chi connectivity index (χ2v) is 16.7. The van der Waals surface area contributed by atoms with E-state index >= 15 is 0 Å². The molecule has 0 fully saturated rings. The van der Waals surface area contributed by atoms with E-state index < -0.39 is 0 Å². The predicted octanol–water partition coefficient (Wildman–Crippen LogP) is 20.0. The van der Waals surface area contributed by atoms with Gasteiger partial charge < -0.3 is 4.57 Å². The van der Waals surface area contributed by atoms with Gasteiger partial charge in [-0.3, -0.25) is 0 Å². The third-order valence-electron chi connectivity index (χ3n) is 11.7. The van der Waals surface area contributed by atoms with Gasteiger partial charge in [0.15, 0.2) is 0 Å². The molecule has 0 spiro atoms. The monoisotopic (exact) mass is 917 g/mol. The summed E-state index contributed by atoms with van der Waals surface area (Å²) in [6, 6.07) is 77.6. The number of para-hydroxylation sites is 1. The van der Waals surface area contributed by atoms with E-state index in [1.165, 1.54) is 103 Å². The summed E-state index contributed by atoms with van der Waals surface area (Å²) in [5.41, 5.74) is 15.9. The molecular formula is C65H59NS2. The maximum absolute atomic E-state index is 3.53. The molecule has 0 aliphatic rings. The van der Waals surface area contributed by atoms with Crippen LogP contribution in [0.1, 0.15) is 27.7 Å². The Hall–Kier alpha value is -7.43. The van der Waals surface area contributed by atoms with Crippen LogP contribution in [0, 0.1) is 0 Å². The Labute approximate surface area is 413 Å². The molecule has 11 rings (SSSR count). The van der Waals surface area contributed by atoms with Crippen LogP contribution in [0.5, 0.6) is 0 Å². The maximum atomic E-state index is 3.53. The first kappa shape index (κ1) is 48.5. The van der Waals surface area contributed by atoms with Crippen molar-refractivity contribution in [3.05, 3.63) is 250 Å². The van der Waals surface area contributed by atoms with Crippen LogP contribution in [0.3, 0.4) is 0 Å². The van der Waals surface area contributed by atoms with E-state index in [4.69, 9.17) is 0 Å². The fraction of sp³-hybridized carbons (Fsp3) is 0.0769. The van der Waals surface area contributed by atoms with Crippen molar-refractivity contribution in [1.29, 1.82) is 0 Å². The highest BCUT2D eigenvalue weighted by molar-refractivity contribution is 7.79. The van der Waals surface area contributed by atoms with Crippen LogP contribution in [-0.4, -0.2) is 10.8 Å². The molecule has 0 radical (unpaired) electrons. The highest BCUT2D eigenvalue weighted by Crippen LogP contribution is 2.44. The van der Waals surface area contributed by atoms with Gasteiger partial charge in [0.2, 0.25) is 0 Å². The van der Waals surface area contributed by atoms with Gasteiger partial charge in [-0.05, 0) is 136 Å². The lowest BCUT2D eigenvalue weighted by Crippen LogP contribution is -1.93. The van der Waals surface area contributed by atoms with Crippen LogP contribution in [0.25, 0.3) is 103 Å². The highest BCUT2D eigenvalue weighted by atomic mass is 32.1. The molecule has 0 aliphatic carbocycles. The molecule has 1 nitrogen and oxygen atoms in total. The summed E-state index contributed by atoms with van der Waals surface area (Å²) in [6.07, 6.45) is 8.97. The average molecular weight is 918 g/mol. The molecule has 9 aromatic carbocycles. The summed E-state index contributed by atoms with van der Waals surface area (Å²) < 4.78 is 5.03. The van der Waals surface area contributed by atoms with E-state index in [0.717, 1.165) is 0 Å². The number of allylic oxidation sites excluding steroid dienone is 4. The Balaban J connectivity index is 0.000000520. The van der Waals surface area contributed by atoms with Gasteiger partial charge in [0.1, 0.15) is 0 Å². The normalized spacial score (nSPS) is 10.6. The predicted molar refractivity (Wildman–Crippen MR) is 308 cm³/mol. The number of nitrogens with zero attached hydrogens (tertiary/aromatic N) is 1. The minimum Gasteiger partial charge on any atom is -0.309 e. The minimum absolute atomic E-state index is 1.17. The van der Waals surface area contributed by atoms with Gasteiger partial charge >= 0.3 is 0 Å². The van der Waals surface area contributed by atoms with Gasteiger partial charge in [0, 0.05) is 36.6 Å². The topological polar surface area (TPSA) is 4.93 Å². The number of thiophene rings is 1. The second kappa shape index (κ2) is 23.8. The molecule has 0 bridgehead atoms. The molecule has 0 amide bonds. The summed E-state index contributed by atoms with van der Waals surface area (Å²) in [5, 5.41) is 5.12. The molecule has 0 saturated carbocycles. The van der Waals surface area contributed by atoms with Gasteiger partial charge in [0.25, 0.3) is 0 Å². The summed E-state index contributed by atoms with van der Waals surface area (Å²) in [4.78, 5) is 0. The van der Waals surface area contributed by atoms with Crippen LogP contribution in [0.4, 0.5) is 0 Å². The molecule has 11 aromatic rings. The smallest absolute Gasteiger partial charge is 0.0541 e. The van der Waals surface area contributed by atoms with Crippen molar-refractivity contribution in [2.45, 2.75) is 27.7 Å². The Bertz CT molecular complexity index is 3420. The Kier molecular flexibility index (Phi) is 17.0. The fourth-order valence-electron chi connectivity index (χ4n) is 8.45. The zero-order chi connectivity index (χ0) is 47.8. The Morgan fingerprint density at radius 2 is 0.779 bits per heavy atom. The largest absolute Gasteiger partial charge is 0.309 e. The molecule has 0 aliphatic heterocycles. The van der Waals surface area contributed by atoms with E-state index in [0.29, 0.717) is 0 Å². The van der Waals surface area contributed by atoms with Gasteiger partial charge in [-0.1, -0.05) is 203 Å². The number of hydrogen-bond acceptors (Lipinski definition) is 2. The first-order valence-electron chi connectivity index (χ1n) is 23.2. The highest BCUT2D eigenvalue weighted by Gasteiger charge is 2.17. The van der Waals surface area contributed by atoms with Gasteiger partial charge in [-0.2, -0.15) is 12.6 Å². The third-order valence-corrected chi connectivity index (χ3v) is 12.9. The Morgan fingerprint density at radius 3 is 1.29 bits per heavy atom. The van der Waals surface area contributed by atoms with Crippen molar-refractivity contribution < 1.29 is 0 Å². The summed E-state index contributed by atoms with van der Waals surface area (Å²) >= 11 is 5.42. The van der Waals surface area contributed by atoms with Crippen LogP contribution in [0.15, 0.2) is 250 Å². The van der Waals surface area contributed by atoms with E-state index in [-0.39, 0.29) is 0 Å². The Morgan fingerprint density at radius 1 is 0.382 bits per heavy atom. The number of fused-ring (bicyclic) bond motifs is 6. The molecule has 0 atom stereocenters. The van der Waals surface area contributed by atoms with Crippen molar-refractivity contribution in [2.75, 3.05) is 6.26 Å².